The van der Waals surface area contributed by atoms with Crippen molar-refractivity contribution in [1.29, 1.82) is 0 Å². The van der Waals surface area contributed by atoms with Crippen molar-refractivity contribution in [2.24, 2.45) is 0 Å². The standard InChI is InChI=1S/C16H11ClN4O/c17-11-4-3-5-12(8-11)22-9-15-19-16-13-6-1-2-7-14(13)18-10-21(16)20-15/h1-8,10H,9H2. The maximum absolute atomic E-state index is 5.93. The number of para-hydroxylation sites is 1. The van der Waals surface area contributed by atoms with E-state index in [0.717, 1.165) is 16.6 Å². The molecule has 0 saturated carbocycles. The van der Waals surface area contributed by atoms with Crippen LogP contribution in [-0.2, 0) is 6.61 Å². The van der Waals surface area contributed by atoms with E-state index >= 15 is 0 Å². The van der Waals surface area contributed by atoms with E-state index in [-0.39, 0.29) is 6.61 Å². The fraction of sp³-hybridized carbons (Fsp3) is 0.0625. The molecule has 0 radical (unpaired) electrons. The van der Waals surface area contributed by atoms with Gasteiger partial charge in [0, 0.05) is 10.4 Å². The molecule has 0 N–H and O–H groups in total. The molecular weight excluding hydrogens is 300 g/mol. The number of aromatic nitrogens is 4. The maximum atomic E-state index is 5.93. The van der Waals surface area contributed by atoms with Crippen molar-refractivity contribution >= 4 is 28.2 Å². The molecule has 0 amide bonds. The third-order valence-corrected chi connectivity index (χ3v) is 3.53. The van der Waals surface area contributed by atoms with Crippen molar-refractivity contribution in [3.05, 3.63) is 65.7 Å². The van der Waals surface area contributed by atoms with E-state index < -0.39 is 0 Å². The van der Waals surface area contributed by atoms with Gasteiger partial charge in [0.05, 0.1) is 5.52 Å². The molecule has 108 valence electrons. The van der Waals surface area contributed by atoms with Crippen LogP contribution in [0.5, 0.6) is 5.75 Å². The number of benzene rings is 2. The lowest BCUT2D eigenvalue weighted by molar-refractivity contribution is 0.296. The van der Waals surface area contributed by atoms with Gasteiger partial charge in [0.2, 0.25) is 0 Å². The molecule has 0 spiro atoms. The highest BCUT2D eigenvalue weighted by molar-refractivity contribution is 6.30. The second-order valence-corrected chi connectivity index (χ2v) is 5.24. The van der Waals surface area contributed by atoms with Crippen LogP contribution in [0.15, 0.2) is 54.9 Å². The molecule has 0 aliphatic heterocycles. The van der Waals surface area contributed by atoms with Gasteiger partial charge in [-0.15, -0.1) is 5.10 Å². The minimum Gasteiger partial charge on any atom is -0.485 e. The van der Waals surface area contributed by atoms with Crippen molar-refractivity contribution in [3.63, 3.8) is 0 Å². The van der Waals surface area contributed by atoms with Crippen LogP contribution in [0.3, 0.4) is 0 Å². The highest BCUT2D eigenvalue weighted by Crippen LogP contribution is 2.19. The monoisotopic (exact) mass is 310 g/mol. The molecule has 2 heterocycles. The second-order valence-electron chi connectivity index (χ2n) is 4.80. The third-order valence-electron chi connectivity index (χ3n) is 3.29. The van der Waals surface area contributed by atoms with Crippen LogP contribution < -0.4 is 4.74 Å². The molecule has 2 aromatic carbocycles. The highest BCUT2D eigenvalue weighted by Gasteiger charge is 2.08. The zero-order chi connectivity index (χ0) is 14.9. The summed E-state index contributed by atoms with van der Waals surface area (Å²) < 4.78 is 7.34. The molecule has 0 atom stereocenters. The molecule has 0 fully saturated rings. The van der Waals surface area contributed by atoms with E-state index in [1.807, 2.05) is 36.4 Å². The zero-order valence-electron chi connectivity index (χ0n) is 11.5. The Labute approximate surface area is 131 Å². The number of fused-ring (bicyclic) bond motifs is 3. The second kappa shape index (κ2) is 5.27. The number of rotatable bonds is 3. The first-order valence-corrected chi connectivity index (χ1v) is 7.15. The topological polar surface area (TPSA) is 52.3 Å². The van der Waals surface area contributed by atoms with E-state index in [4.69, 9.17) is 16.3 Å². The van der Waals surface area contributed by atoms with Crippen LogP contribution in [0.2, 0.25) is 5.02 Å². The molecule has 0 aliphatic rings. The van der Waals surface area contributed by atoms with E-state index in [0.29, 0.717) is 16.6 Å². The maximum Gasteiger partial charge on any atom is 0.189 e. The summed E-state index contributed by atoms with van der Waals surface area (Å²) in [7, 11) is 0. The average Bonchev–Trinajstić information content (AvgIpc) is 2.97. The van der Waals surface area contributed by atoms with Gasteiger partial charge < -0.3 is 4.74 Å². The van der Waals surface area contributed by atoms with Gasteiger partial charge in [-0.1, -0.05) is 29.8 Å². The molecule has 0 saturated heterocycles. The lowest BCUT2D eigenvalue weighted by atomic mass is 10.2. The fourth-order valence-corrected chi connectivity index (χ4v) is 2.47. The van der Waals surface area contributed by atoms with Gasteiger partial charge in [-0.2, -0.15) is 0 Å². The van der Waals surface area contributed by atoms with Gasteiger partial charge in [0.25, 0.3) is 0 Å². The molecule has 2 aromatic heterocycles. The van der Waals surface area contributed by atoms with Crippen molar-refractivity contribution in [1.82, 2.24) is 19.6 Å². The van der Waals surface area contributed by atoms with Gasteiger partial charge in [0.15, 0.2) is 11.5 Å². The molecule has 0 bridgehead atoms. The first kappa shape index (κ1) is 13.0. The fourth-order valence-electron chi connectivity index (χ4n) is 2.29. The number of nitrogens with zero attached hydrogens (tertiary/aromatic N) is 4. The molecule has 4 aromatic rings. The van der Waals surface area contributed by atoms with Crippen molar-refractivity contribution in [2.45, 2.75) is 6.61 Å². The highest BCUT2D eigenvalue weighted by atomic mass is 35.5. The smallest absolute Gasteiger partial charge is 0.189 e. The third kappa shape index (κ3) is 2.35. The summed E-state index contributed by atoms with van der Waals surface area (Å²) in [5, 5.41) is 5.98. The number of hydrogen-bond donors (Lipinski definition) is 0. The lowest BCUT2D eigenvalue weighted by Crippen LogP contribution is -1.98. The average molecular weight is 311 g/mol. The molecule has 5 nitrogen and oxygen atoms in total. The molecular formula is C16H11ClN4O. The van der Waals surface area contributed by atoms with Crippen molar-refractivity contribution in [3.8, 4) is 5.75 Å². The summed E-state index contributed by atoms with van der Waals surface area (Å²) in [5.74, 6) is 1.28. The Hall–Kier alpha value is -2.66. The summed E-state index contributed by atoms with van der Waals surface area (Å²) in [6.07, 6.45) is 1.66. The number of ether oxygens (including phenoxy) is 1. The molecule has 4 rings (SSSR count). The Bertz CT molecular complexity index is 967. The van der Waals surface area contributed by atoms with Crippen LogP contribution in [0.1, 0.15) is 5.82 Å². The predicted octanol–water partition coefficient (Wildman–Crippen LogP) is 3.51. The van der Waals surface area contributed by atoms with Crippen LogP contribution >= 0.6 is 11.6 Å². The summed E-state index contributed by atoms with van der Waals surface area (Å²) in [6, 6.07) is 15.1. The SMILES string of the molecule is Clc1cccc(OCc2nc3c4ccccc4ncn3n2)c1. The molecule has 6 heteroatoms. The van der Waals surface area contributed by atoms with Crippen LogP contribution in [0.4, 0.5) is 0 Å². The molecule has 22 heavy (non-hydrogen) atoms. The predicted molar refractivity (Wildman–Crippen MR) is 84.1 cm³/mol. The Morgan fingerprint density at radius 1 is 1.09 bits per heavy atom. The number of halogens is 1. The zero-order valence-corrected chi connectivity index (χ0v) is 12.2. The van der Waals surface area contributed by atoms with Crippen LogP contribution in [-0.4, -0.2) is 19.6 Å². The van der Waals surface area contributed by atoms with E-state index in [9.17, 15) is 0 Å². The Kier molecular flexibility index (Phi) is 3.12. The minimum atomic E-state index is 0.274. The van der Waals surface area contributed by atoms with Gasteiger partial charge in [-0.05, 0) is 30.3 Å². The first-order chi connectivity index (χ1) is 10.8. The van der Waals surface area contributed by atoms with Gasteiger partial charge in [0.1, 0.15) is 18.7 Å². The van der Waals surface area contributed by atoms with Gasteiger partial charge >= 0.3 is 0 Å². The minimum absolute atomic E-state index is 0.274. The normalized spacial score (nSPS) is 11.1. The van der Waals surface area contributed by atoms with Crippen molar-refractivity contribution in [2.75, 3.05) is 0 Å². The lowest BCUT2D eigenvalue weighted by Gasteiger charge is -2.02. The largest absolute Gasteiger partial charge is 0.485 e. The Morgan fingerprint density at radius 2 is 2.00 bits per heavy atom. The van der Waals surface area contributed by atoms with Crippen molar-refractivity contribution < 1.29 is 4.74 Å². The summed E-state index contributed by atoms with van der Waals surface area (Å²) in [5.41, 5.74) is 1.67. The Balaban J connectivity index is 1.66. The van der Waals surface area contributed by atoms with Gasteiger partial charge in [-0.25, -0.2) is 14.5 Å². The van der Waals surface area contributed by atoms with E-state index in [2.05, 4.69) is 15.1 Å². The van der Waals surface area contributed by atoms with E-state index in [1.165, 1.54) is 0 Å². The molecule has 0 unspecified atom stereocenters. The quantitative estimate of drug-likeness (QED) is 0.581. The van der Waals surface area contributed by atoms with E-state index in [1.54, 1.807) is 23.0 Å². The van der Waals surface area contributed by atoms with Gasteiger partial charge in [-0.3, -0.25) is 0 Å². The van der Waals surface area contributed by atoms with Crippen LogP contribution in [0.25, 0.3) is 16.6 Å². The summed E-state index contributed by atoms with van der Waals surface area (Å²) >= 11 is 5.93. The number of hydrogen-bond acceptors (Lipinski definition) is 4. The first-order valence-electron chi connectivity index (χ1n) is 6.77. The molecule has 0 aliphatic carbocycles. The summed E-state index contributed by atoms with van der Waals surface area (Å²) in [4.78, 5) is 8.89. The Morgan fingerprint density at radius 3 is 2.91 bits per heavy atom. The summed E-state index contributed by atoms with van der Waals surface area (Å²) in [6.45, 7) is 0.274. The van der Waals surface area contributed by atoms with Crippen LogP contribution in [0, 0.1) is 0 Å².